The van der Waals surface area contributed by atoms with Gasteiger partial charge in [0.1, 0.15) is 0 Å². The standard InChI is InChI=1S/C11H15BrClNO/c1-11(2,6-14)10(15)8-4-3-7(12)5-9(8)13/h3-5,10,15H,6,14H2,1-2H3. The number of benzene rings is 1. The van der Waals surface area contributed by atoms with E-state index < -0.39 is 6.10 Å². The van der Waals surface area contributed by atoms with Crippen molar-refractivity contribution in [3.63, 3.8) is 0 Å². The lowest BCUT2D eigenvalue weighted by Crippen LogP contribution is -2.30. The van der Waals surface area contributed by atoms with Crippen LogP contribution >= 0.6 is 27.5 Å². The minimum atomic E-state index is -0.650. The monoisotopic (exact) mass is 291 g/mol. The van der Waals surface area contributed by atoms with Gasteiger partial charge in [-0.05, 0) is 17.7 Å². The van der Waals surface area contributed by atoms with Crippen LogP contribution in [0.4, 0.5) is 0 Å². The molecule has 0 saturated heterocycles. The molecule has 84 valence electrons. The van der Waals surface area contributed by atoms with Gasteiger partial charge < -0.3 is 10.8 Å². The fourth-order valence-electron chi connectivity index (χ4n) is 1.26. The Labute approximate surface area is 104 Å². The van der Waals surface area contributed by atoms with Gasteiger partial charge in [-0.3, -0.25) is 0 Å². The normalized spacial score (nSPS) is 14.0. The lowest BCUT2D eigenvalue weighted by Gasteiger charge is -2.29. The average molecular weight is 293 g/mol. The third-order valence-corrected chi connectivity index (χ3v) is 3.34. The van der Waals surface area contributed by atoms with Crippen molar-refractivity contribution in [3.05, 3.63) is 33.3 Å². The molecular formula is C11H15BrClNO. The van der Waals surface area contributed by atoms with Crippen molar-refractivity contribution in [2.45, 2.75) is 20.0 Å². The van der Waals surface area contributed by atoms with Crippen LogP contribution in [0.3, 0.4) is 0 Å². The van der Waals surface area contributed by atoms with Crippen LogP contribution in [0.25, 0.3) is 0 Å². The largest absolute Gasteiger partial charge is 0.388 e. The average Bonchev–Trinajstić information content (AvgIpc) is 2.17. The van der Waals surface area contributed by atoms with E-state index in [9.17, 15) is 5.11 Å². The van der Waals surface area contributed by atoms with Crippen LogP contribution in [-0.2, 0) is 0 Å². The van der Waals surface area contributed by atoms with Crippen LogP contribution in [0.1, 0.15) is 25.5 Å². The Morgan fingerprint density at radius 3 is 2.60 bits per heavy atom. The van der Waals surface area contributed by atoms with E-state index in [2.05, 4.69) is 15.9 Å². The second-order valence-corrected chi connectivity index (χ2v) is 5.58. The number of hydrogen-bond acceptors (Lipinski definition) is 2. The second-order valence-electron chi connectivity index (χ2n) is 4.26. The Balaban J connectivity index is 3.06. The molecule has 1 aromatic rings. The van der Waals surface area contributed by atoms with Crippen molar-refractivity contribution in [2.24, 2.45) is 11.1 Å². The number of rotatable bonds is 3. The SMILES string of the molecule is CC(C)(CN)C(O)c1ccc(Br)cc1Cl. The van der Waals surface area contributed by atoms with Gasteiger partial charge in [0.2, 0.25) is 0 Å². The zero-order chi connectivity index (χ0) is 11.6. The highest BCUT2D eigenvalue weighted by molar-refractivity contribution is 9.10. The Bertz CT molecular complexity index is 354. The molecule has 0 bridgehead atoms. The van der Waals surface area contributed by atoms with Crippen LogP contribution in [0.5, 0.6) is 0 Å². The van der Waals surface area contributed by atoms with Crippen molar-refractivity contribution in [1.82, 2.24) is 0 Å². The second kappa shape index (κ2) is 4.83. The van der Waals surface area contributed by atoms with Gasteiger partial charge in [-0.25, -0.2) is 0 Å². The molecule has 1 atom stereocenters. The van der Waals surface area contributed by atoms with E-state index in [1.165, 1.54) is 0 Å². The van der Waals surface area contributed by atoms with E-state index in [1.54, 1.807) is 6.07 Å². The van der Waals surface area contributed by atoms with Crippen molar-refractivity contribution in [3.8, 4) is 0 Å². The van der Waals surface area contributed by atoms with Gasteiger partial charge in [-0.2, -0.15) is 0 Å². The molecule has 0 spiro atoms. The topological polar surface area (TPSA) is 46.2 Å². The quantitative estimate of drug-likeness (QED) is 0.899. The fourth-order valence-corrected chi connectivity index (χ4v) is 2.03. The highest BCUT2D eigenvalue weighted by Gasteiger charge is 2.29. The molecule has 0 saturated carbocycles. The summed E-state index contributed by atoms with van der Waals surface area (Å²) in [6.45, 7) is 4.23. The van der Waals surface area contributed by atoms with E-state index in [0.29, 0.717) is 11.6 Å². The van der Waals surface area contributed by atoms with Gasteiger partial charge in [-0.15, -0.1) is 0 Å². The molecule has 0 radical (unpaired) electrons. The molecular weight excluding hydrogens is 277 g/mol. The highest BCUT2D eigenvalue weighted by atomic mass is 79.9. The van der Waals surface area contributed by atoms with E-state index in [-0.39, 0.29) is 5.41 Å². The summed E-state index contributed by atoms with van der Waals surface area (Å²) < 4.78 is 0.897. The lowest BCUT2D eigenvalue weighted by molar-refractivity contribution is 0.0556. The Morgan fingerprint density at radius 2 is 2.13 bits per heavy atom. The molecule has 0 aliphatic heterocycles. The maximum absolute atomic E-state index is 10.1. The predicted octanol–water partition coefficient (Wildman–Crippen LogP) is 3.12. The smallest absolute Gasteiger partial charge is 0.0867 e. The van der Waals surface area contributed by atoms with Crippen molar-refractivity contribution in [1.29, 1.82) is 0 Å². The summed E-state index contributed by atoms with van der Waals surface area (Å²) in [4.78, 5) is 0. The van der Waals surface area contributed by atoms with Gasteiger partial charge in [0.15, 0.2) is 0 Å². The summed E-state index contributed by atoms with van der Waals surface area (Å²) in [5.41, 5.74) is 5.95. The van der Waals surface area contributed by atoms with Crippen molar-refractivity contribution < 1.29 is 5.11 Å². The Morgan fingerprint density at radius 1 is 1.53 bits per heavy atom. The molecule has 1 aromatic carbocycles. The maximum atomic E-state index is 10.1. The zero-order valence-electron chi connectivity index (χ0n) is 8.80. The molecule has 15 heavy (non-hydrogen) atoms. The molecule has 2 nitrogen and oxygen atoms in total. The van der Waals surface area contributed by atoms with Gasteiger partial charge in [0.05, 0.1) is 6.10 Å². The first kappa shape index (κ1) is 13.0. The minimum Gasteiger partial charge on any atom is -0.388 e. The Hall–Kier alpha value is -0.0900. The number of nitrogens with two attached hydrogens (primary N) is 1. The van der Waals surface area contributed by atoms with E-state index in [4.69, 9.17) is 17.3 Å². The van der Waals surface area contributed by atoms with E-state index in [0.717, 1.165) is 10.0 Å². The number of halogens is 2. The highest BCUT2D eigenvalue weighted by Crippen LogP contribution is 2.36. The van der Waals surface area contributed by atoms with E-state index >= 15 is 0 Å². The third-order valence-electron chi connectivity index (χ3n) is 2.52. The molecule has 4 heteroatoms. The van der Waals surface area contributed by atoms with Crippen LogP contribution in [0.2, 0.25) is 5.02 Å². The summed E-state index contributed by atoms with van der Waals surface area (Å²) in [5.74, 6) is 0. The molecule has 1 rings (SSSR count). The van der Waals surface area contributed by atoms with Crippen molar-refractivity contribution >= 4 is 27.5 Å². The summed E-state index contributed by atoms with van der Waals surface area (Å²) in [6, 6.07) is 5.44. The molecule has 0 heterocycles. The molecule has 0 aromatic heterocycles. The number of hydrogen-bond donors (Lipinski definition) is 2. The zero-order valence-corrected chi connectivity index (χ0v) is 11.1. The first-order chi connectivity index (χ1) is 6.88. The van der Waals surface area contributed by atoms with Gasteiger partial charge >= 0.3 is 0 Å². The Kier molecular flexibility index (Phi) is 4.18. The molecule has 3 N–H and O–H groups in total. The lowest BCUT2D eigenvalue weighted by atomic mass is 9.83. The van der Waals surface area contributed by atoms with Gasteiger partial charge in [0, 0.05) is 21.5 Å². The fraction of sp³-hybridized carbons (Fsp3) is 0.455. The van der Waals surface area contributed by atoms with Crippen LogP contribution in [-0.4, -0.2) is 11.7 Å². The number of aliphatic hydroxyl groups excluding tert-OH is 1. The van der Waals surface area contributed by atoms with Crippen LogP contribution < -0.4 is 5.73 Å². The van der Waals surface area contributed by atoms with Crippen molar-refractivity contribution in [2.75, 3.05) is 6.54 Å². The van der Waals surface area contributed by atoms with Crippen LogP contribution in [0, 0.1) is 5.41 Å². The summed E-state index contributed by atoms with van der Waals surface area (Å²) in [7, 11) is 0. The molecule has 0 amide bonds. The van der Waals surface area contributed by atoms with Crippen LogP contribution in [0.15, 0.2) is 22.7 Å². The van der Waals surface area contributed by atoms with E-state index in [1.807, 2.05) is 26.0 Å². The summed E-state index contributed by atoms with van der Waals surface area (Å²) >= 11 is 9.38. The summed E-state index contributed by atoms with van der Waals surface area (Å²) in [5, 5.41) is 10.7. The molecule has 0 aliphatic rings. The first-order valence-electron chi connectivity index (χ1n) is 4.71. The molecule has 1 unspecified atom stereocenters. The minimum absolute atomic E-state index is 0.378. The first-order valence-corrected chi connectivity index (χ1v) is 5.88. The van der Waals surface area contributed by atoms with Gasteiger partial charge in [0.25, 0.3) is 0 Å². The molecule has 0 aliphatic carbocycles. The summed E-state index contributed by atoms with van der Waals surface area (Å²) in [6.07, 6.45) is -0.650. The third kappa shape index (κ3) is 2.94. The number of aliphatic hydroxyl groups is 1. The molecule has 0 fully saturated rings. The maximum Gasteiger partial charge on any atom is 0.0867 e. The predicted molar refractivity (Wildman–Crippen MR) is 66.9 cm³/mol. The van der Waals surface area contributed by atoms with Gasteiger partial charge in [-0.1, -0.05) is 47.4 Å².